The molecule has 2 N–H and O–H groups in total. The summed E-state index contributed by atoms with van der Waals surface area (Å²) in [5.74, 6) is 0.798. The van der Waals surface area contributed by atoms with Gasteiger partial charge in [-0.05, 0) is 32.1 Å². The van der Waals surface area contributed by atoms with Crippen molar-refractivity contribution >= 4 is 0 Å². The van der Waals surface area contributed by atoms with Gasteiger partial charge in [-0.3, -0.25) is 0 Å². The lowest BCUT2D eigenvalue weighted by atomic mass is 9.85. The van der Waals surface area contributed by atoms with E-state index in [1.165, 1.54) is 6.42 Å². The van der Waals surface area contributed by atoms with Crippen LogP contribution in [0.5, 0.6) is 0 Å². The molecular weight excluding hydrogens is 138 g/mol. The standard InChI is InChI=1S/C9H19NO/c1-3-11-9-6-7(2)4-5-8(9)10/h7-9H,3-6,10H2,1-2H3. The molecule has 1 rings (SSSR count). The SMILES string of the molecule is CCOC1CC(C)CCC1N. The van der Waals surface area contributed by atoms with Gasteiger partial charge in [0.05, 0.1) is 6.10 Å². The van der Waals surface area contributed by atoms with Crippen molar-refractivity contribution in [2.75, 3.05) is 6.61 Å². The van der Waals surface area contributed by atoms with Gasteiger partial charge in [-0.1, -0.05) is 6.92 Å². The van der Waals surface area contributed by atoms with Crippen LogP contribution in [0.25, 0.3) is 0 Å². The van der Waals surface area contributed by atoms with Crippen LogP contribution in [-0.2, 0) is 4.74 Å². The molecule has 1 fully saturated rings. The van der Waals surface area contributed by atoms with Crippen molar-refractivity contribution < 1.29 is 4.74 Å². The molecule has 0 aliphatic heterocycles. The zero-order valence-corrected chi connectivity index (χ0v) is 7.55. The molecule has 1 aliphatic carbocycles. The molecule has 0 bridgehead atoms. The van der Waals surface area contributed by atoms with Crippen LogP contribution in [0.2, 0.25) is 0 Å². The molecule has 0 amide bonds. The molecule has 0 aromatic carbocycles. The minimum absolute atomic E-state index is 0.283. The van der Waals surface area contributed by atoms with Crippen LogP contribution >= 0.6 is 0 Å². The van der Waals surface area contributed by atoms with Crippen LogP contribution in [0.3, 0.4) is 0 Å². The van der Waals surface area contributed by atoms with Crippen LogP contribution in [0, 0.1) is 5.92 Å². The molecule has 2 nitrogen and oxygen atoms in total. The highest BCUT2D eigenvalue weighted by molar-refractivity contribution is 4.81. The summed E-state index contributed by atoms with van der Waals surface area (Å²) in [6.45, 7) is 5.11. The Morgan fingerprint density at radius 3 is 2.82 bits per heavy atom. The van der Waals surface area contributed by atoms with Crippen LogP contribution < -0.4 is 5.73 Å². The first-order valence-corrected chi connectivity index (χ1v) is 4.61. The predicted octanol–water partition coefficient (Wildman–Crippen LogP) is 1.54. The molecule has 11 heavy (non-hydrogen) atoms. The molecule has 0 spiro atoms. The monoisotopic (exact) mass is 157 g/mol. The minimum Gasteiger partial charge on any atom is -0.377 e. The summed E-state index contributed by atoms with van der Waals surface area (Å²) in [5, 5.41) is 0. The van der Waals surface area contributed by atoms with E-state index in [9.17, 15) is 0 Å². The van der Waals surface area contributed by atoms with E-state index in [1.54, 1.807) is 0 Å². The van der Waals surface area contributed by atoms with Gasteiger partial charge in [0, 0.05) is 12.6 Å². The fourth-order valence-corrected chi connectivity index (χ4v) is 1.76. The normalized spacial score (nSPS) is 39.0. The van der Waals surface area contributed by atoms with Crippen molar-refractivity contribution in [3.63, 3.8) is 0 Å². The Kier molecular flexibility index (Phi) is 3.34. The van der Waals surface area contributed by atoms with Crippen molar-refractivity contribution in [3.8, 4) is 0 Å². The number of nitrogens with two attached hydrogens (primary N) is 1. The lowest BCUT2D eigenvalue weighted by Gasteiger charge is -2.31. The Morgan fingerprint density at radius 2 is 2.18 bits per heavy atom. The minimum atomic E-state index is 0.283. The quantitative estimate of drug-likeness (QED) is 0.660. The second-order valence-electron chi connectivity index (χ2n) is 3.58. The zero-order valence-electron chi connectivity index (χ0n) is 7.55. The summed E-state index contributed by atoms with van der Waals surface area (Å²) in [4.78, 5) is 0. The number of rotatable bonds is 2. The Balaban J connectivity index is 2.34. The zero-order chi connectivity index (χ0) is 8.27. The van der Waals surface area contributed by atoms with Crippen molar-refractivity contribution in [1.29, 1.82) is 0 Å². The predicted molar refractivity (Wildman–Crippen MR) is 46.4 cm³/mol. The van der Waals surface area contributed by atoms with Gasteiger partial charge in [-0.15, -0.1) is 0 Å². The first kappa shape index (κ1) is 9.01. The van der Waals surface area contributed by atoms with Crippen LogP contribution in [0.15, 0.2) is 0 Å². The maximum absolute atomic E-state index is 5.90. The van der Waals surface area contributed by atoms with Crippen molar-refractivity contribution in [3.05, 3.63) is 0 Å². The van der Waals surface area contributed by atoms with Crippen LogP contribution in [-0.4, -0.2) is 18.8 Å². The molecule has 0 saturated heterocycles. The molecule has 3 unspecified atom stereocenters. The average Bonchev–Trinajstić information content (AvgIpc) is 1.98. The maximum Gasteiger partial charge on any atom is 0.0728 e. The maximum atomic E-state index is 5.90. The Bertz CT molecular complexity index is 116. The number of ether oxygens (including phenoxy) is 1. The highest BCUT2D eigenvalue weighted by atomic mass is 16.5. The lowest BCUT2D eigenvalue weighted by Crippen LogP contribution is -2.41. The molecular formula is C9H19NO. The van der Waals surface area contributed by atoms with Crippen molar-refractivity contribution in [2.24, 2.45) is 11.7 Å². The largest absolute Gasteiger partial charge is 0.377 e. The van der Waals surface area contributed by atoms with Gasteiger partial charge in [0.25, 0.3) is 0 Å². The van der Waals surface area contributed by atoms with Crippen molar-refractivity contribution in [1.82, 2.24) is 0 Å². The third-order valence-corrected chi connectivity index (χ3v) is 2.49. The fraction of sp³-hybridized carbons (Fsp3) is 1.00. The van der Waals surface area contributed by atoms with E-state index in [4.69, 9.17) is 10.5 Å². The molecule has 1 saturated carbocycles. The van der Waals surface area contributed by atoms with E-state index in [-0.39, 0.29) is 6.04 Å². The second kappa shape index (κ2) is 4.07. The van der Waals surface area contributed by atoms with Gasteiger partial charge in [0.15, 0.2) is 0 Å². The average molecular weight is 157 g/mol. The summed E-state index contributed by atoms with van der Waals surface area (Å²) >= 11 is 0. The molecule has 0 heterocycles. The highest BCUT2D eigenvalue weighted by Crippen LogP contribution is 2.24. The first-order valence-electron chi connectivity index (χ1n) is 4.61. The first-order chi connectivity index (χ1) is 5.24. The molecule has 2 heteroatoms. The summed E-state index contributed by atoms with van der Waals surface area (Å²) < 4.78 is 5.54. The van der Waals surface area contributed by atoms with E-state index < -0.39 is 0 Å². The molecule has 0 aromatic heterocycles. The number of hydrogen-bond acceptors (Lipinski definition) is 2. The number of hydrogen-bond donors (Lipinski definition) is 1. The lowest BCUT2D eigenvalue weighted by molar-refractivity contribution is 0.00929. The van der Waals surface area contributed by atoms with E-state index in [0.29, 0.717) is 6.10 Å². The van der Waals surface area contributed by atoms with Gasteiger partial charge in [0.2, 0.25) is 0 Å². The fourth-order valence-electron chi connectivity index (χ4n) is 1.76. The Hall–Kier alpha value is -0.0800. The Morgan fingerprint density at radius 1 is 1.45 bits per heavy atom. The molecule has 66 valence electrons. The van der Waals surface area contributed by atoms with Gasteiger partial charge in [0.1, 0.15) is 0 Å². The molecule has 0 radical (unpaired) electrons. The topological polar surface area (TPSA) is 35.2 Å². The van der Waals surface area contributed by atoms with Gasteiger partial charge in [-0.2, -0.15) is 0 Å². The molecule has 3 atom stereocenters. The van der Waals surface area contributed by atoms with Crippen molar-refractivity contribution in [2.45, 2.75) is 45.3 Å². The van der Waals surface area contributed by atoms with E-state index in [2.05, 4.69) is 6.92 Å². The van der Waals surface area contributed by atoms with Gasteiger partial charge >= 0.3 is 0 Å². The Labute approximate surface area is 69.1 Å². The molecule has 0 aromatic rings. The van der Waals surface area contributed by atoms with E-state index in [0.717, 1.165) is 25.4 Å². The summed E-state index contributed by atoms with van der Waals surface area (Å²) in [6, 6.07) is 0.283. The van der Waals surface area contributed by atoms with E-state index >= 15 is 0 Å². The second-order valence-corrected chi connectivity index (χ2v) is 3.58. The highest BCUT2D eigenvalue weighted by Gasteiger charge is 2.25. The van der Waals surface area contributed by atoms with E-state index in [1.807, 2.05) is 6.92 Å². The van der Waals surface area contributed by atoms with Gasteiger partial charge < -0.3 is 10.5 Å². The van der Waals surface area contributed by atoms with Crippen LogP contribution in [0.4, 0.5) is 0 Å². The summed E-state index contributed by atoms with van der Waals surface area (Å²) in [6.07, 6.45) is 3.87. The molecule has 1 aliphatic rings. The summed E-state index contributed by atoms with van der Waals surface area (Å²) in [7, 11) is 0. The van der Waals surface area contributed by atoms with Crippen LogP contribution in [0.1, 0.15) is 33.1 Å². The third kappa shape index (κ3) is 2.46. The van der Waals surface area contributed by atoms with Gasteiger partial charge in [-0.25, -0.2) is 0 Å². The third-order valence-electron chi connectivity index (χ3n) is 2.49. The summed E-state index contributed by atoms with van der Waals surface area (Å²) in [5.41, 5.74) is 5.90. The smallest absolute Gasteiger partial charge is 0.0728 e.